The van der Waals surface area contributed by atoms with Gasteiger partial charge in [0.2, 0.25) is 15.9 Å². The van der Waals surface area contributed by atoms with Gasteiger partial charge in [-0.1, -0.05) is 24.3 Å². The lowest BCUT2D eigenvalue weighted by Crippen LogP contribution is -2.46. The fourth-order valence-electron chi connectivity index (χ4n) is 4.96. The van der Waals surface area contributed by atoms with Crippen LogP contribution in [0.1, 0.15) is 31.2 Å². The van der Waals surface area contributed by atoms with Gasteiger partial charge in [0, 0.05) is 39.0 Å². The van der Waals surface area contributed by atoms with Crippen molar-refractivity contribution < 1.29 is 35.9 Å². The van der Waals surface area contributed by atoms with E-state index in [1.54, 1.807) is 12.0 Å². The molecular formula is C25H29F3N2O5S. The van der Waals surface area contributed by atoms with Gasteiger partial charge in [-0.3, -0.25) is 4.79 Å². The first-order valence-electron chi connectivity index (χ1n) is 11.8. The fourth-order valence-corrected chi connectivity index (χ4v) is 6.52. The third kappa shape index (κ3) is 5.52. The van der Waals surface area contributed by atoms with Crippen molar-refractivity contribution in [2.45, 2.75) is 43.4 Å². The standard InChI is InChI=1S/C25H29F3N2O5S/c1-34-18-4-5-19-8-10-20(11-9-19)30-17-14-24(23(30)31)12-15-29(16-13-24)36(32,33)22-7-3-2-6-21(22)35-25(26,27)28/h2-3,6-11H,4-5,12-18H2,1H3. The van der Waals surface area contributed by atoms with E-state index in [0.29, 0.717) is 32.4 Å². The Bertz CT molecular complexity index is 1180. The van der Waals surface area contributed by atoms with Crippen molar-refractivity contribution in [3.05, 3.63) is 54.1 Å². The van der Waals surface area contributed by atoms with Gasteiger partial charge in [-0.2, -0.15) is 4.31 Å². The Morgan fingerprint density at radius 3 is 2.25 bits per heavy atom. The number of sulfonamides is 1. The quantitative estimate of drug-likeness (QED) is 0.478. The van der Waals surface area contributed by atoms with E-state index in [1.165, 1.54) is 12.1 Å². The van der Waals surface area contributed by atoms with Crippen LogP contribution in [0.25, 0.3) is 0 Å². The highest BCUT2D eigenvalue weighted by Crippen LogP contribution is 2.44. The molecule has 0 bridgehead atoms. The predicted molar refractivity (Wildman–Crippen MR) is 127 cm³/mol. The van der Waals surface area contributed by atoms with Crippen LogP contribution >= 0.6 is 0 Å². The summed E-state index contributed by atoms with van der Waals surface area (Å²) in [5, 5.41) is 0. The minimum absolute atomic E-state index is 0.0347. The van der Waals surface area contributed by atoms with Gasteiger partial charge in [0.05, 0.1) is 5.41 Å². The lowest BCUT2D eigenvalue weighted by atomic mass is 9.77. The van der Waals surface area contributed by atoms with E-state index in [1.807, 2.05) is 24.3 Å². The fraction of sp³-hybridized carbons (Fsp3) is 0.480. The number of hydrogen-bond donors (Lipinski definition) is 0. The van der Waals surface area contributed by atoms with Crippen molar-refractivity contribution in [3.63, 3.8) is 0 Å². The SMILES string of the molecule is COCCCc1ccc(N2CCC3(CCN(S(=O)(=O)c4ccccc4OC(F)(F)F)CC3)C2=O)cc1. The molecule has 2 heterocycles. The second-order valence-electron chi connectivity index (χ2n) is 9.15. The number of alkyl halides is 3. The third-order valence-electron chi connectivity index (χ3n) is 6.95. The monoisotopic (exact) mass is 526 g/mol. The van der Waals surface area contributed by atoms with Crippen molar-refractivity contribution in [1.82, 2.24) is 4.31 Å². The van der Waals surface area contributed by atoms with E-state index in [-0.39, 0.29) is 19.0 Å². The summed E-state index contributed by atoms with van der Waals surface area (Å²) in [6, 6.07) is 12.6. The van der Waals surface area contributed by atoms with Gasteiger partial charge in [0.1, 0.15) is 10.6 Å². The number of rotatable bonds is 8. The molecule has 0 N–H and O–H groups in total. The highest BCUT2D eigenvalue weighted by atomic mass is 32.2. The molecule has 0 atom stereocenters. The van der Waals surface area contributed by atoms with Crippen LogP contribution in [0.3, 0.4) is 0 Å². The molecule has 4 rings (SSSR count). The second-order valence-corrected chi connectivity index (χ2v) is 11.1. The Morgan fingerprint density at radius 2 is 1.61 bits per heavy atom. The molecule has 7 nitrogen and oxygen atoms in total. The molecule has 0 aliphatic carbocycles. The van der Waals surface area contributed by atoms with Gasteiger partial charge in [-0.15, -0.1) is 13.2 Å². The van der Waals surface area contributed by atoms with Crippen molar-refractivity contribution in [1.29, 1.82) is 0 Å². The highest BCUT2D eigenvalue weighted by Gasteiger charge is 2.50. The van der Waals surface area contributed by atoms with Crippen molar-refractivity contribution in [2.24, 2.45) is 5.41 Å². The maximum absolute atomic E-state index is 13.4. The number of nitrogens with zero attached hydrogens (tertiary/aromatic N) is 2. The zero-order valence-corrected chi connectivity index (χ0v) is 20.8. The van der Waals surface area contributed by atoms with Crippen LogP contribution in [0.4, 0.5) is 18.9 Å². The molecule has 0 unspecified atom stereocenters. The van der Waals surface area contributed by atoms with Crippen molar-refractivity contribution in [3.8, 4) is 5.75 Å². The van der Waals surface area contributed by atoms with Gasteiger partial charge in [0.25, 0.3) is 0 Å². The molecule has 0 radical (unpaired) electrons. The molecule has 2 aliphatic rings. The summed E-state index contributed by atoms with van der Waals surface area (Å²) in [5.74, 6) is -0.799. The Kier molecular flexibility index (Phi) is 7.63. The van der Waals surface area contributed by atoms with Gasteiger partial charge < -0.3 is 14.4 Å². The number of carbonyl (C=O) groups excluding carboxylic acids is 1. The maximum atomic E-state index is 13.4. The molecule has 0 aromatic heterocycles. The molecule has 2 aromatic carbocycles. The summed E-state index contributed by atoms with van der Waals surface area (Å²) >= 11 is 0. The van der Waals surface area contributed by atoms with Gasteiger partial charge in [0.15, 0.2) is 0 Å². The van der Waals surface area contributed by atoms with Crippen LogP contribution < -0.4 is 9.64 Å². The van der Waals surface area contributed by atoms with Crippen molar-refractivity contribution >= 4 is 21.6 Å². The first-order chi connectivity index (χ1) is 17.1. The van der Waals surface area contributed by atoms with Gasteiger partial charge in [-0.25, -0.2) is 8.42 Å². The summed E-state index contributed by atoms with van der Waals surface area (Å²) in [4.78, 5) is 14.6. The number of benzene rings is 2. The summed E-state index contributed by atoms with van der Waals surface area (Å²) in [7, 11) is -2.57. The number of ether oxygens (including phenoxy) is 2. The number of aryl methyl sites for hydroxylation is 1. The molecular weight excluding hydrogens is 497 g/mol. The Morgan fingerprint density at radius 1 is 0.972 bits per heavy atom. The van der Waals surface area contributed by atoms with E-state index >= 15 is 0 Å². The number of anilines is 1. The average molecular weight is 527 g/mol. The summed E-state index contributed by atoms with van der Waals surface area (Å²) in [5.41, 5.74) is 1.29. The Labute approximate surface area is 208 Å². The van der Waals surface area contributed by atoms with E-state index in [4.69, 9.17) is 4.74 Å². The summed E-state index contributed by atoms with van der Waals surface area (Å²) in [6.07, 6.45) is -2.01. The number of piperidine rings is 1. The topological polar surface area (TPSA) is 76.2 Å². The molecule has 36 heavy (non-hydrogen) atoms. The molecule has 2 aliphatic heterocycles. The first kappa shape index (κ1) is 26.4. The molecule has 0 saturated carbocycles. The molecule has 196 valence electrons. The minimum Gasteiger partial charge on any atom is -0.404 e. The van der Waals surface area contributed by atoms with Crippen LogP contribution in [0.2, 0.25) is 0 Å². The Balaban J connectivity index is 1.43. The van der Waals surface area contributed by atoms with Crippen LogP contribution in [0, 0.1) is 5.41 Å². The van der Waals surface area contributed by atoms with Crippen LogP contribution in [-0.4, -0.2) is 58.3 Å². The summed E-state index contributed by atoms with van der Waals surface area (Å²) in [6.45, 7) is 1.31. The van der Waals surface area contributed by atoms with Crippen LogP contribution in [-0.2, 0) is 26.0 Å². The lowest BCUT2D eigenvalue weighted by molar-refractivity contribution is -0.275. The second kappa shape index (κ2) is 10.4. The number of methoxy groups -OCH3 is 1. The smallest absolute Gasteiger partial charge is 0.404 e. The molecule has 2 fully saturated rings. The van der Waals surface area contributed by atoms with Gasteiger partial charge >= 0.3 is 6.36 Å². The average Bonchev–Trinajstić information content (AvgIpc) is 3.14. The number of halogens is 3. The lowest BCUT2D eigenvalue weighted by Gasteiger charge is -2.37. The molecule has 1 spiro atoms. The third-order valence-corrected chi connectivity index (χ3v) is 8.88. The molecule has 2 saturated heterocycles. The van der Waals surface area contributed by atoms with Crippen LogP contribution in [0.15, 0.2) is 53.4 Å². The van der Waals surface area contributed by atoms with Crippen LogP contribution in [0.5, 0.6) is 5.75 Å². The van der Waals surface area contributed by atoms with E-state index in [9.17, 15) is 26.4 Å². The van der Waals surface area contributed by atoms with Gasteiger partial charge in [-0.05, 0) is 61.9 Å². The molecule has 11 heteroatoms. The maximum Gasteiger partial charge on any atom is 0.573 e. The van der Waals surface area contributed by atoms with E-state index in [2.05, 4.69) is 4.74 Å². The predicted octanol–water partition coefficient (Wildman–Crippen LogP) is 4.37. The molecule has 1 amide bonds. The van der Waals surface area contributed by atoms with E-state index < -0.39 is 32.4 Å². The van der Waals surface area contributed by atoms with E-state index in [0.717, 1.165) is 40.5 Å². The zero-order valence-electron chi connectivity index (χ0n) is 20.0. The highest BCUT2D eigenvalue weighted by molar-refractivity contribution is 7.89. The number of hydrogen-bond acceptors (Lipinski definition) is 5. The van der Waals surface area contributed by atoms with Crippen molar-refractivity contribution in [2.75, 3.05) is 38.3 Å². The Hall–Kier alpha value is -2.63. The normalized spacial score (nSPS) is 18.7. The largest absolute Gasteiger partial charge is 0.573 e. The zero-order chi connectivity index (χ0) is 26.0. The summed E-state index contributed by atoms with van der Waals surface area (Å²) < 4.78 is 74.9. The number of carbonyl (C=O) groups is 1. The molecule has 2 aromatic rings. The first-order valence-corrected chi connectivity index (χ1v) is 13.2. The number of amides is 1. The number of para-hydroxylation sites is 1. The minimum atomic E-state index is -5.01.